The van der Waals surface area contributed by atoms with Gasteiger partial charge in [-0.3, -0.25) is 4.79 Å². The van der Waals surface area contributed by atoms with Crippen LogP contribution < -0.4 is 0 Å². The van der Waals surface area contributed by atoms with E-state index in [1.54, 1.807) is 14.0 Å². The molecule has 0 unspecified atom stereocenters. The molecule has 138 valence electrons. The first-order valence-corrected chi connectivity index (χ1v) is 9.36. The molecule has 0 N–H and O–H groups in total. The molecule has 8 atom stereocenters. The molecule has 0 spiro atoms. The molecule has 0 radical (unpaired) electrons. The zero-order chi connectivity index (χ0) is 17.9. The third kappa shape index (κ3) is 2.09. The number of carbonyl (C=O) groups excluding carboxylic acids is 1. The zero-order valence-electron chi connectivity index (χ0n) is 15.0. The Balaban J connectivity index is 1.56. The molecule has 5 heteroatoms. The van der Waals surface area contributed by atoms with Crippen LogP contribution in [-0.2, 0) is 23.7 Å². The lowest BCUT2D eigenvalue weighted by molar-refractivity contribution is -0.358. The number of fused-ring (bicyclic) bond motifs is 7. The van der Waals surface area contributed by atoms with Crippen molar-refractivity contribution in [3.8, 4) is 0 Å². The first kappa shape index (κ1) is 16.6. The molecular formula is C21H24O5. The van der Waals surface area contributed by atoms with Crippen LogP contribution in [0.25, 0.3) is 0 Å². The van der Waals surface area contributed by atoms with E-state index in [1.165, 1.54) is 0 Å². The number of ether oxygens (including phenoxy) is 4. The summed E-state index contributed by atoms with van der Waals surface area (Å²) in [5.74, 6) is 0.652. The van der Waals surface area contributed by atoms with Gasteiger partial charge in [-0.15, -0.1) is 0 Å². The molecule has 0 amide bonds. The van der Waals surface area contributed by atoms with Crippen LogP contribution in [0.15, 0.2) is 42.5 Å². The molecule has 5 nitrogen and oxygen atoms in total. The van der Waals surface area contributed by atoms with Crippen LogP contribution in [0.4, 0.5) is 0 Å². The lowest BCUT2D eigenvalue weighted by Gasteiger charge is -2.56. The van der Waals surface area contributed by atoms with Crippen molar-refractivity contribution in [3.63, 3.8) is 0 Å². The van der Waals surface area contributed by atoms with Crippen molar-refractivity contribution >= 4 is 5.78 Å². The van der Waals surface area contributed by atoms with Crippen molar-refractivity contribution in [2.45, 2.75) is 38.1 Å². The topological polar surface area (TPSA) is 54.0 Å². The Bertz CT molecular complexity index is 731. The van der Waals surface area contributed by atoms with E-state index in [1.807, 2.05) is 30.3 Å². The van der Waals surface area contributed by atoms with E-state index < -0.39 is 18.0 Å². The van der Waals surface area contributed by atoms with E-state index >= 15 is 0 Å². The summed E-state index contributed by atoms with van der Waals surface area (Å²) in [5, 5.41) is 0. The minimum atomic E-state index is -0.597. The fourth-order valence-corrected chi connectivity index (χ4v) is 5.78. The van der Waals surface area contributed by atoms with Crippen LogP contribution in [0.3, 0.4) is 0 Å². The number of hydrogen-bond acceptors (Lipinski definition) is 5. The number of hydrogen-bond donors (Lipinski definition) is 0. The average Bonchev–Trinajstić information content (AvgIpc) is 3.28. The van der Waals surface area contributed by atoms with Gasteiger partial charge in [0.05, 0.1) is 12.0 Å². The molecule has 0 aromatic heterocycles. The van der Waals surface area contributed by atoms with Gasteiger partial charge in [0, 0.05) is 18.6 Å². The standard InChI is InChI=1S/C21H24O5/c1-12(22)21-15-9-8-14(10-15)17(21)20(23-2)25-16-11-24-19(26-18(16)21)13-6-4-3-5-7-13/h3-9,14-20H,10-11H2,1-2H3/t14-,15+,16-,17-,18-,19-,20+,21-/m1/s1. The van der Waals surface area contributed by atoms with Crippen LogP contribution >= 0.6 is 0 Å². The lowest BCUT2D eigenvalue weighted by atomic mass is 9.59. The van der Waals surface area contributed by atoms with E-state index in [0.29, 0.717) is 12.5 Å². The Hall–Kier alpha value is -1.53. The number of ketones is 1. The summed E-state index contributed by atoms with van der Waals surface area (Å²) in [6.07, 6.45) is 3.90. The molecule has 1 aromatic carbocycles. The summed E-state index contributed by atoms with van der Waals surface area (Å²) in [6.45, 7) is 2.10. The first-order chi connectivity index (χ1) is 12.7. The van der Waals surface area contributed by atoms with Gasteiger partial charge in [0.2, 0.25) is 0 Å². The van der Waals surface area contributed by atoms with Crippen LogP contribution in [0.2, 0.25) is 0 Å². The highest BCUT2D eigenvalue weighted by molar-refractivity contribution is 5.85. The van der Waals surface area contributed by atoms with Gasteiger partial charge in [-0.25, -0.2) is 0 Å². The molecule has 4 aliphatic rings. The van der Waals surface area contributed by atoms with Gasteiger partial charge in [-0.05, 0) is 25.2 Å². The zero-order valence-corrected chi connectivity index (χ0v) is 15.0. The molecule has 26 heavy (non-hydrogen) atoms. The van der Waals surface area contributed by atoms with Gasteiger partial charge in [0.15, 0.2) is 12.6 Å². The largest absolute Gasteiger partial charge is 0.356 e. The third-order valence-corrected chi connectivity index (χ3v) is 6.75. The Morgan fingerprint density at radius 1 is 1.19 bits per heavy atom. The van der Waals surface area contributed by atoms with E-state index in [9.17, 15) is 4.79 Å². The summed E-state index contributed by atoms with van der Waals surface area (Å²) in [5.41, 5.74) is 0.369. The van der Waals surface area contributed by atoms with Gasteiger partial charge in [0.1, 0.15) is 18.0 Å². The molecule has 1 saturated carbocycles. The minimum absolute atomic E-state index is 0.00391. The fraction of sp³-hybridized carbons (Fsp3) is 0.571. The molecular weight excluding hydrogens is 332 g/mol. The van der Waals surface area contributed by atoms with Crippen molar-refractivity contribution < 1.29 is 23.7 Å². The lowest BCUT2D eigenvalue weighted by Crippen LogP contribution is -2.66. The Kier molecular flexibility index (Phi) is 3.83. The Morgan fingerprint density at radius 2 is 2.00 bits per heavy atom. The van der Waals surface area contributed by atoms with Crippen LogP contribution in [0.1, 0.15) is 25.2 Å². The molecule has 2 aliphatic carbocycles. The predicted molar refractivity (Wildman–Crippen MR) is 93.0 cm³/mol. The van der Waals surface area contributed by atoms with Gasteiger partial charge in [-0.1, -0.05) is 42.5 Å². The first-order valence-electron chi connectivity index (χ1n) is 9.36. The fourth-order valence-electron chi connectivity index (χ4n) is 5.78. The number of benzene rings is 1. The van der Waals surface area contributed by atoms with Gasteiger partial charge >= 0.3 is 0 Å². The van der Waals surface area contributed by atoms with Crippen molar-refractivity contribution in [2.24, 2.45) is 23.2 Å². The maximum absolute atomic E-state index is 13.1. The highest BCUT2D eigenvalue weighted by Gasteiger charge is 2.70. The molecule has 5 rings (SSSR count). The SMILES string of the molecule is CO[C@H]1O[C@@H]2CO[C@@H](c3ccccc3)O[C@H]2[C@@]2(C(C)=O)[C@@H]1[C@@H]1C=C[C@H]2C1. The molecule has 2 saturated heterocycles. The monoisotopic (exact) mass is 356 g/mol. The summed E-state index contributed by atoms with van der Waals surface area (Å²) in [6, 6.07) is 9.89. The number of methoxy groups -OCH3 is 1. The second-order valence-corrected chi connectivity index (χ2v) is 7.82. The normalized spacial score (nSPS) is 46.0. The summed E-state index contributed by atoms with van der Waals surface area (Å²) in [4.78, 5) is 13.1. The second-order valence-electron chi connectivity index (χ2n) is 7.82. The maximum atomic E-state index is 13.1. The molecule has 2 aliphatic heterocycles. The number of carbonyl (C=O) groups is 1. The second kappa shape index (κ2) is 5.99. The predicted octanol–water partition coefficient (Wildman–Crippen LogP) is 2.87. The molecule has 2 bridgehead atoms. The van der Waals surface area contributed by atoms with Crippen molar-refractivity contribution in [2.75, 3.05) is 13.7 Å². The smallest absolute Gasteiger partial charge is 0.184 e. The highest BCUT2D eigenvalue weighted by Crippen LogP contribution is 2.64. The van der Waals surface area contributed by atoms with Gasteiger partial charge in [-0.2, -0.15) is 0 Å². The maximum Gasteiger partial charge on any atom is 0.184 e. The average molecular weight is 356 g/mol. The Labute approximate surface area is 153 Å². The van der Waals surface area contributed by atoms with Crippen molar-refractivity contribution in [1.29, 1.82) is 0 Å². The molecule has 1 aromatic rings. The molecule has 3 fully saturated rings. The van der Waals surface area contributed by atoms with Crippen LogP contribution in [-0.4, -0.2) is 38.0 Å². The summed E-state index contributed by atoms with van der Waals surface area (Å²) >= 11 is 0. The van der Waals surface area contributed by atoms with E-state index in [2.05, 4.69) is 12.2 Å². The number of Topliss-reactive ketones (excluding diaryl/α,β-unsaturated/α-hetero) is 1. The third-order valence-electron chi connectivity index (χ3n) is 6.75. The van der Waals surface area contributed by atoms with Crippen LogP contribution in [0, 0.1) is 23.2 Å². The minimum Gasteiger partial charge on any atom is -0.356 e. The van der Waals surface area contributed by atoms with E-state index in [0.717, 1.165) is 12.0 Å². The summed E-state index contributed by atoms with van der Waals surface area (Å²) < 4.78 is 24.3. The van der Waals surface area contributed by atoms with E-state index in [4.69, 9.17) is 18.9 Å². The van der Waals surface area contributed by atoms with Crippen LogP contribution in [0.5, 0.6) is 0 Å². The van der Waals surface area contributed by atoms with E-state index in [-0.39, 0.29) is 29.8 Å². The number of allylic oxidation sites excluding steroid dienone is 2. The Morgan fingerprint density at radius 3 is 2.73 bits per heavy atom. The van der Waals surface area contributed by atoms with Crippen molar-refractivity contribution in [3.05, 3.63) is 48.0 Å². The van der Waals surface area contributed by atoms with Gasteiger partial charge < -0.3 is 18.9 Å². The molecule has 2 heterocycles. The van der Waals surface area contributed by atoms with Crippen molar-refractivity contribution in [1.82, 2.24) is 0 Å². The highest BCUT2D eigenvalue weighted by atomic mass is 16.7. The van der Waals surface area contributed by atoms with Gasteiger partial charge in [0.25, 0.3) is 0 Å². The quantitative estimate of drug-likeness (QED) is 0.780. The summed E-state index contributed by atoms with van der Waals surface area (Å²) in [7, 11) is 1.66. The number of rotatable bonds is 3.